The molecule has 1 aromatic heterocycles. The Morgan fingerprint density at radius 1 is 1.27 bits per heavy atom. The summed E-state index contributed by atoms with van der Waals surface area (Å²) in [5.74, 6) is -0.0861. The van der Waals surface area contributed by atoms with E-state index in [1.54, 1.807) is 13.1 Å². The predicted octanol–water partition coefficient (Wildman–Crippen LogP) is 2.20. The number of thiocarbonyl (C=S) groups is 1. The SMILES string of the molecule is CCN(CC)C(=O)Cn1cc(/C=C2\NC(=S)N(C)C2=O)c2ccccc21. The van der Waals surface area contributed by atoms with E-state index >= 15 is 0 Å². The standard InChI is InChI=1S/C19H22N4O2S/c1-4-22(5-2)17(24)12-23-11-13(14-8-6-7-9-16(14)23)10-15-18(25)21(3)19(26)20-15/h6-11H,4-5,12H2,1-3H3,(H,20,26)/b15-10-. The van der Waals surface area contributed by atoms with Crippen LogP contribution in [0.25, 0.3) is 17.0 Å². The molecule has 0 spiro atoms. The fraction of sp³-hybridized carbons (Fsp3) is 0.316. The average Bonchev–Trinajstić information content (AvgIpc) is 3.09. The smallest absolute Gasteiger partial charge is 0.276 e. The van der Waals surface area contributed by atoms with E-state index in [4.69, 9.17) is 12.2 Å². The van der Waals surface area contributed by atoms with Gasteiger partial charge in [-0.25, -0.2) is 0 Å². The number of para-hydroxylation sites is 1. The molecule has 0 atom stereocenters. The Hall–Kier alpha value is -2.67. The number of hydrogen-bond donors (Lipinski definition) is 1. The molecule has 1 aromatic carbocycles. The summed E-state index contributed by atoms with van der Waals surface area (Å²) in [6.45, 7) is 5.59. The molecule has 1 saturated heterocycles. The Balaban J connectivity index is 2.00. The van der Waals surface area contributed by atoms with Crippen molar-refractivity contribution in [2.24, 2.45) is 0 Å². The summed E-state index contributed by atoms with van der Waals surface area (Å²) in [7, 11) is 1.64. The van der Waals surface area contributed by atoms with E-state index < -0.39 is 0 Å². The van der Waals surface area contributed by atoms with Crippen molar-refractivity contribution in [3.05, 3.63) is 41.7 Å². The minimum Gasteiger partial charge on any atom is -0.342 e. The van der Waals surface area contributed by atoms with Crippen LogP contribution in [-0.4, -0.2) is 51.4 Å². The highest BCUT2D eigenvalue weighted by Crippen LogP contribution is 2.24. The Labute approximate surface area is 158 Å². The number of fused-ring (bicyclic) bond motifs is 1. The van der Waals surface area contributed by atoms with Crippen molar-refractivity contribution in [1.82, 2.24) is 19.7 Å². The van der Waals surface area contributed by atoms with Crippen molar-refractivity contribution in [3.8, 4) is 0 Å². The third-order valence-corrected chi connectivity index (χ3v) is 5.00. The molecule has 2 amide bonds. The van der Waals surface area contributed by atoms with Gasteiger partial charge in [-0.05, 0) is 38.2 Å². The van der Waals surface area contributed by atoms with Crippen LogP contribution in [0.1, 0.15) is 19.4 Å². The van der Waals surface area contributed by atoms with E-state index in [2.05, 4.69) is 5.32 Å². The van der Waals surface area contributed by atoms with Gasteiger partial charge in [0.15, 0.2) is 5.11 Å². The lowest BCUT2D eigenvalue weighted by molar-refractivity contribution is -0.131. The van der Waals surface area contributed by atoms with Gasteiger partial charge < -0.3 is 14.8 Å². The first-order valence-electron chi connectivity index (χ1n) is 8.62. The molecule has 0 radical (unpaired) electrons. The second-order valence-corrected chi connectivity index (χ2v) is 6.53. The summed E-state index contributed by atoms with van der Waals surface area (Å²) in [6, 6.07) is 7.86. The molecule has 136 valence electrons. The van der Waals surface area contributed by atoms with Gasteiger partial charge in [0.05, 0.1) is 0 Å². The number of aromatic nitrogens is 1. The third kappa shape index (κ3) is 3.22. The predicted molar refractivity (Wildman–Crippen MR) is 106 cm³/mol. The van der Waals surface area contributed by atoms with Crippen LogP contribution in [0, 0.1) is 0 Å². The van der Waals surface area contributed by atoms with Crippen LogP contribution in [0.3, 0.4) is 0 Å². The van der Waals surface area contributed by atoms with E-state index in [1.807, 2.05) is 53.8 Å². The third-order valence-electron chi connectivity index (χ3n) is 4.62. The lowest BCUT2D eigenvalue weighted by Crippen LogP contribution is -2.33. The molecule has 0 bridgehead atoms. The Morgan fingerprint density at radius 3 is 2.58 bits per heavy atom. The number of benzene rings is 1. The summed E-state index contributed by atoms with van der Waals surface area (Å²) in [5, 5.41) is 4.32. The molecule has 2 aromatic rings. The second kappa shape index (κ2) is 7.29. The first kappa shape index (κ1) is 18.1. The number of carbonyl (C=O) groups excluding carboxylic acids is 2. The zero-order chi connectivity index (χ0) is 18.8. The molecule has 1 aliphatic heterocycles. The zero-order valence-electron chi connectivity index (χ0n) is 15.2. The van der Waals surface area contributed by atoms with Gasteiger partial charge >= 0.3 is 0 Å². The highest BCUT2D eigenvalue weighted by molar-refractivity contribution is 7.80. The molecule has 1 N–H and O–H groups in total. The highest BCUT2D eigenvalue weighted by atomic mass is 32.1. The first-order valence-corrected chi connectivity index (χ1v) is 9.03. The molecular weight excluding hydrogens is 348 g/mol. The van der Waals surface area contributed by atoms with Crippen molar-refractivity contribution < 1.29 is 9.59 Å². The summed E-state index contributed by atoms with van der Waals surface area (Å²) in [6.07, 6.45) is 3.70. The van der Waals surface area contributed by atoms with E-state index in [1.165, 1.54) is 4.90 Å². The minimum atomic E-state index is -0.161. The molecule has 1 fully saturated rings. The van der Waals surface area contributed by atoms with E-state index in [0.29, 0.717) is 23.9 Å². The molecule has 7 heteroatoms. The molecule has 0 unspecified atom stereocenters. The highest BCUT2D eigenvalue weighted by Gasteiger charge is 2.27. The van der Waals surface area contributed by atoms with Gasteiger partial charge in [0.1, 0.15) is 12.2 Å². The van der Waals surface area contributed by atoms with Crippen molar-refractivity contribution in [2.45, 2.75) is 20.4 Å². The van der Waals surface area contributed by atoms with Gasteiger partial charge in [0.25, 0.3) is 5.91 Å². The van der Waals surface area contributed by atoms with Gasteiger partial charge in [-0.3, -0.25) is 14.5 Å². The number of amides is 2. The van der Waals surface area contributed by atoms with Gasteiger partial charge in [0, 0.05) is 42.8 Å². The van der Waals surface area contributed by atoms with E-state index in [-0.39, 0.29) is 18.4 Å². The molecule has 0 saturated carbocycles. The van der Waals surface area contributed by atoms with Crippen LogP contribution < -0.4 is 5.32 Å². The molecule has 26 heavy (non-hydrogen) atoms. The van der Waals surface area contributed by atoms with Crippen molar-refractivity contribution in [2.75, 3.05) is 20.1 Å². The molecule has 3 rings (SSSR count). The average molecular weight is 370 g/mol. The molecule has 2 heterocycles. The Bertz CT molecular complexity index is 911. The van der Waals surface area contributed by atoms with Gasteiger partial charge in [0.2, 0.25) is 5.91 Å². The Kier molecular flexibility index (Phi) is 5.08. The second-order valence-electron chi connectivity index (χ2n) is 6.15. The molecule has 6 nitrogen and oxygen atoms in total. The van der Waals surface area contributed by atoms with Crippen LogP contribution in [-0.2, 0) is 16.1 Å². The lowest BCUT2D eigenvalue weighted by atomic mass is 10.1. The van der Waals surface area contributed by atoms with Crippen molar-refractivity contribution >= 4 is 46.1 Å². The maximum atomic E-state index is 12.5. The van der Waals surface area contributed by atoms with Crippen molar-refractivity contribution in [3.63, 3.8) is 0 Å². The maximum absolute atomic E-state index is 12.5. The normalized spacial score (nSPS) is 15.8. The number of carbonyl (C=O) groups is 2. The van der Waals surface area contributed by atoms with Gasteiger partial charge in [-0.15, -0.1) is 0 Å². The zero-order valence-corrected chi connectivity index (χ0v) is 16.0. The lowest BCUT2D eigenvalue weighted by Gasteiger charge is -2.19. The van der Waals surface area contributed by atoms with Gasteiger partial charge in [-0.2, -0.15) is 0 Å². The summed E-state index contributed by atoms with van der Waals surface area (Å²) < 4.78 is 1.93. The summed E-state index contributed by atoms with van der Waals surface area (Å²) in [5.41, 5.74) is 2.28. The van der Waals surface area contributed by atoms with Crippen LogP contribution >= 0.6 is 12.2 Å². The van der Waals surface area contributed by atoms with Gasteiger partial charge in [-0.1, -0.05) is 18.2 Å². The summed E-state index contributed by atoms with van der Waals surface area (Å²) >= 11 is 5.12. The van der Waals surface area contributed by atoms with E-state index in [0.717, 1.165) is 16.5 Å². The number of hydrogen-bond acceptors (Lipinski definition) is 3. The van der Waals surface area contributed by atoms with E-state index in [9.17, 15) is 9.59 Å². The van der Waals surface area contributed by atoms with Crippen LogP contribution in [0.15, 0.2) is 36.2 Å². The quantitative estimate of drug-likeness (QED) is 0.648. The Morgan fingerprint density at radius 2 is 1.96 bits per heavy atom. The fourth-order valence-corrected chi connectivity index (χ4v) is 3.31. The molecule has 1 aliphatic rings. The van der Waals surface area contributed by atoms with Crippen molar-refractivity contribution in [1.29, 1.82) is 0 Å². The first-order chi connectivity index (χ1) is 12.5. The number of nitrogens with one attached hydrogen (secondary N) is 1. The molecule has 0 aliphatic carbocycles. The largest absolute Gasteiger partial charge is 0.342 e. The number of nitrogens with zero attached hydrogens (tertiary/aromatic N) is 3. The molecular formula is C19H22N4O2S. The minimum absolute atomic E-state index is 0.0749. The number of likely N-dealkylation sites (N-methyl/N-ethyl adjacent to an activating group) is 2. The maximum Gasteiger partial charge on any atom is 0.276 e. The fourth-order valence-electron chi connectivity index (χ4n) is 3.12. The van der Waals surface area contributed by atoms with Crippen LogP contribution in [0.4, 0.5) is 0 Å². The number of rotatable bonds is 5. The monoisotopic (exact) mass is 370 g/mol. The summed E-state index contributed by atoms with van der Waals surface area (Å²) in [4.78, 5) is 28.0. The topological polar surface area (TPSA) is 57.6 Å². The van der Waals surface area contributed by atoms with Crippen LogP contribution in [0.2, 0.25) is 0 Å². The van der Waals surface area contributed by atoms with Crippen LogP contribution in [0.5, 0.6) is 0 Å².